The number of ether oxygens (including phenoxy) is 1. The molecule has 4 bridgehead atoms. The van der Waals surface area contributed by atoms with E-state index in [0.29, 0.717) is 23.7 Å². The summed E-state index contributed by atoms with van der Waals surface area (Å²) >= 11 is 0. The molecule has 0 aliphatic carbocycles. The molecule has 3 rings (SSSR count). The molecule has 5 atom stereocenters. The summed E-state index contributed by atoms with van der Waals surface area (Å²) in [6.07, 6.45) is 4.74. The van der Waals surface area contributed by atoms with Crippen LogP contribution in [0.5, 0.6) is 0 Å². The van der Waals surface area contributed by atoms with E-state index in [1.165, 1.54) is 24.0 Å². The van der Waals surface area contributed by atoms with E-state index in [1.807, 2.05) is 9.24 Å². The van der Waals surface area contributed by atoms with Gasteiger partial charge in [-0.2, -0.15) is 6.92 Å². The van der Waals surface area contributed by atoms with Crippen molar-refractivity contribution in [2.45, 2.75) is 64.4 Å². The van der Waals surface area contributed by atoms with E-state index in [0.717, 1.165) is 12.8 Å². The fraction of sp³-hybridized carbons (Fsp3) is 0.667. The topological polar surface area (TPSA) is 53.2 Å². The van der Waals surface area contributed by atoms with Gasteiger partial charge in [0.25, 0.3) is 5.56 Å². The smallest absolute Gasteiger partial charge is 0.328 e. The third-order valence-corrected chi connectivity index (χ3v) is 5.69. The fourth-order valence-electron chi connectivity index (χ4n) is 3.08. The minimum atomic E-state index is -0.252. The molecule has 0 N–H and O–H groups in total. The first kappa shape index (κ1) is 31.6. The Kier molecular flexibility index (Phi) is 16.9. The van der Waals surface area contributed by atoms with Crippen LogP contribution in [-0.4, -0.2) is 20.9 Å². The van der Waals surface area contributed by atoms with Gasteiger partial charge < -0.3 is 16.2 Å². The molecule has 2 aliphatic heterocycles. The summed E-state index contributed by atoms with van der Waals surface area (Å²) in [5.74, 6) is 1.53. The van der Waals surface area contributed by atoms with Gasteiger partial charge in [-0.15, -0.1) is 5.92 Å². The molecular weight excluding hydrogens is 590 g/mol. The minimum Gasteiger partial charge on any atom is -0.372 e. The molecule has 3 heterocycles. The van der Waals surface area contributed by atoms with Crippen molar-refractivity contribution in [2.75, 3.05) is 0 Å². The second-order valence-corrected chi connectivity index (χ2v) is 8.16. The average Bonchev–Trinajstić information content (AvgIpc) is 3.05. The quantitative estimate of drug-likeness (QED) is 0.358. The van der Waals surface area contributed by atoms with E-state index in [4.69, 9.17) is 4.74 Å². The van der Waals surface area contributed by atoms with E-state index in [9.17, 15) is 9.59 Å². The molecule has 0 aromatic carbocycles. The number of hydrogen-bond acceptors (Lipinski definition) is 3. The summed E-state index contributed by atoms with van der Waals surface area (Å²) in [7, 11) is 3.48. The van der Waals surface area contributed by atoms with Gasteiger partial charge in [-0.25, -0.2) is 4.79 Å². The zero-order chi connectivity index (χ0) is 18.0. The average molecular weight is 620 g/mol. The van der Waals surface area contributed by atoms with Gasteiger partial charge in [-0.05, 0) is 19.3 Å². The van der Waals surface area contributed by atoms with Crippen molar-refractivity contribution in [2.24, 2.45) is 13.0 Å². The Bertz CT molecular complexity index is 693. The number of rotatable bonds is 1. The number of fused-ring (bicyclic) bond motifs is 5. The molecule has 27 heavy (non-hydrogen) atoms. The van der Waals surface area contributed by atoms with Crippen molar-refractivity contribution >= 4 is 9.24 Å². The van der Waals surface area contributed by atoms with Crippen LogP contribution in [0.3, 0.4) is 0 Å². The van der Waals surface area contributed by atoms with Crippen LogP contribution < -0.4 is 11.2 Å². The molecule has 1 fully saturated rings. The second-order valence-electron chi connectivity index (χ2n) is 7.01. The van der Waals surface area contributed by atoms with Crippen LogP contribution in [0.15, 0.2) is 15.8 Å². The molecule has 0 spiro atoms. The maximum absolute atomic E-state index is 12.2. The molecule has 145 valence electrons. The standard InChI is InChI=1S/C14H19N2O3.C4H10P.3Y/c1-8-6-16-7-10(13(17)15(3)14(16)18)12-5-4-11(19-12)9(8)2;1-3-4(2)5;;;/h7,9,11-12H,4-6H2,1-3H3;4H,2-3,5H2,1H3;;;/q2*-1;;;/p+1/t9?,11?,12-;;;;/m1..../s1. The molecule has 9 heteroatoms. The van der Waals surface area contributed by atoms with Gasteiger partial charge in [0.2, 0.25) is 0 Å². The molecule has 0 saturated carbocycles. The monoisotopic (exact) mass is 620 g/mol. The number of aromatic nitrogens is 2. The largest absolute Gasteiger partial charge is 0.372 e. The summed E-state index contributed by atoms with van der Waals surface area (Å²) in [5, 5.41) is 0. The van der Waals surface area contributed by atoms with E-state index >= 15 is 0 Å². The molecule has 4 unspecified atom stereocenters. The SMILES string of the molecule is C[C-]1Cn2cc(c(=O)n(C)c2=O)[C@H]2CCC(O2)C1C.[CH2-]C([PH3+])CC.[Y].[Y].[Y]. The maximum atomic E-state index is 12.2. The van der Waals surface area contributed by atoms with Gasteiger partial charge in [-0.1, -0.05) is 35.3 Å². The minimum absolute atomic E-state index is 0. The van der Waals surface area contributed by atoms with Crippen LogP contribution in [0.1, 0.15) is 51.7 Å². The van der Waals surface area contributed by atoms with Crippen molar-refractivity contribution in [3.05, 3.63) is 45.4 Å². The summed E-state index contributed by atoms with van der Waals surface area (Å²) in [4.78, 5) is 24.3. The zero-order valence-corrected chi connectivity index (χ0v) is 26.9. The number of hydrogen-bond donors (Lipinski definition) is 0. The summed E-state index contributed by atoms with van der Waals surface area (Å²) in [6.45, 7) is 10.7. The van der Waals surface area contributed by atoms with Crippen LogP contribution in [0.2, 0.25) is 0 Å². The van der Waals surface area contributed by atoms with Gasteiger partial charge in [0, 0.05) is 117 Å². The van der Waals surface area contributed by atoms with Crippen LogP contribution in [0.4, 0.5) is 0 Å². The van der Waals surface area contributed by atoms with Crippen molar-refractivity contribution < 1.29 is 103 Å². The van der Waals surface area contributed by atoms with Gasteiger partial charge in [0.1, 0.15) is 0 Å². The van der Waals surface area contributed by atoms with Crippen LogP contribution in [-0.2, 0) is 116 Å². The van der Waals surface area contributed by atoms with Crippen molar-refractivity contribution in [1.29, 1.82) is 0 Å². The molecule has 1 aromatic heterocycles. The predicted molar refractivity (Wildman–Crippen MR) is 101 cm³/mol. The molecule has 3 radical (unpaired) electrons. The molecule has 1 saturated heterocycles. The summed E-state index contributed by atoms with van der Waals surface area (Å²) in [6, 6.07) is 0. The Labute approximate surface area is 240 Å². The Morgan fingerprint density at radius 1 is 1.33 bits per heavy atom. The zero-order valence-electron chi connectivity index (χ0n) is 17.0. The van der Waals surface area contributed by atoms with Crippen LogP contribution in [0, 0.1) is 18.8 Å². The first-order chi connectivity index (χ1) is 11.3. The Morgan fingerprint density at radius 2 is 1.89 bits per heavy atom. The van der Waals surface area contributed by atoms with Crippen molar-refractivity contribution in [3.8, 4) is 0 Å². The first-order valence-electron chi connectivity index (χ1n) is 8.70. The van der Waals surface area contributed by atoms with Gasteiger partial charge in [-0.3, -0.25) is 15.3 Å². The van der Waals surface area contributed by atoms with E-state index in [1.54, 1.807) is 10.8 Å². The van der Waals surface area contributed by atoms with Crippen molar-refractivity contribution in [3.63, 3.8) is 0 Å². The molecule has 0 amide bonds. The first-order valence-corrected chi connectivity index (χ1v) is 9.52. The number of nitrogens with zero attached hydrogens (tertiary/aromatic N) is 2. The summed E-state index contributed by atoms with van der Waals surface area (Å²) < 4.78 is 8.85. The Morgan fingerprint density at radius 3 is 2.41 bits per heavy atom. The van der Waals surface area contributed by atoms with Crippen LogP contribution in [0.25, 0.3) is 0 Å². The van der Waals surface area contributed by atoms with E-state index < -0.39 is 0 Å². The van der Waals surface area contributed by atoms with Crippen molar-refractivity contribution in [1.82, 2.24) is 9.13 Å². The Balaban J connectivity index is 0. The maximum Gasteiger partial charge on any atom is 0.328 e. The Hall–Kier alpha value is 2.38. The van der Waals surface area contributed by atoms with E-state index in [2.05, 4.69) is 27.7 Å². The fourth-order valence-corrected chi connectivity index (χ4v) is 3.08. The third kappa shape index (κ3) is 8.10. The van der Waals surface area contributed by atoms with Gasteiger partial charge >= 0.3 is 5.69 Å². The normalized spacial score (nSPS) is 24.6. The predicted octanol–water partition coefficient (Wildman–Crippen LogP) is 2.21. The molecule has 2 aliphatic rings. The van der Waals surface area contributed by atoms with E-state index in [-0.39, 0.29) is 122 Å². The second kappa shape index (κ2) is 14.4. The third-order valence-electron chi connectivity index (χ3n) is 5.11. The summed E-state index contributed by atoms with van der Waals surface area (Å²) in [5.41, 5.74) is 0.804. The van der Waals surface area contributed by atoms with Crippen LogP contribution >= 0.6 is 9.24 Å². The molecule has 1 aromatic rings. The van der Waals surface area contributed by atoms with Gasteiger partial charge in [0.15, 0.2) is 0 Å². The molecular formula is C18H30N2O3PY3-. The molecule has 5 nitrogen and oxygen atoms in total. The van der Waals surface area contributed by atoms with Gasteiger partial charge in [0.05, 0.1) is 11.7 Å².